The van der Waals surface area contributed by atoms with Crippen molar-refractivity contribution in [1.29, 1.82) is 0 Å². The predicted molar refractivity (Wildman–Crippen MR) is 119 cm³/mol. The molecule has 3 aromatic carbocycles. The summed E-state index contributed by atoms with van der Waals surface area (Å²) in [6.07, 6.45) is 0.980. The van der Waals surface area contributed by atoms with Crippen LogP contribution in [0.15, 0.2) is 72.8 Å². The van der Waals surface area contributed by atoms with Gasteiger partial charge in [0, 0.05) is 39.6 Å². The van der Waals surface area contributed by atoms with E-state index in [1.54, 1.807) is 0 Å². The molecular weight excluding hydrogens is 344 g/mol. The zero-order valence-corrected chi connectivity index (χ0v) is 17.5. The number of anilines is 2. The van der Waals surface area contributed by atoms with Crippen LogP contribution < -0.4 is 9.80 Å². The first-order valence-electron chi connectivity index (χ1n) is 9.73. The van der Waals surface area contributed by atoms with Gasteiger partial charge in [0.15, 0.2) is 0 Å². The molecule has 0 fully saturated rings. The zero-order chi connectivity index (χ0) is 20.3. The van der Waals surface area contributed by atoms with Crippen LogP contribution in [0.5, 0.6) is 0 Å². The van der Waals surface area contributed by atoms with Crippen LogP contribution in [0.3, 0.4) is 0 Å². The lowest BCUT2D eigenvalue weighted by Crippen LogP contribution is -2.29. The Morgan fingerprint density at radius 1 is 0.607 bits per heavy atom. The lowest BCUT2D eigenvalue weighted by molar-refractivity contribution is 0.125. The summed E-state index contributed by atoms with van der Waals surface area (Å²) in [7, 11) is 8.07. The Labute approximate surface area is 168 Å². The predicted octanol–water partition coefficient (Wildman–Crippen LogP) is 4.67. The second-order valence-electron chi connectivity index (χ2n) is 7.64. The molecular formula is C25H30N2O. The molecule has 0 spiro atoms. The van der Waals surface area contributed by atoms with Crippen LogP contribution in [0.25, 0.3) is 0 Å². The zero-order valence-electron chi connectivity index (χ0n) is 17.5. The van der Waals surface area contributed by atoms with Gasteiger partial charge in [-0.05, 0) is 52.9 Å². The topological polar surface area (TPSA) is 26.7 Å². The molecule has 0 heterocycles. The molecule has 1 N–H and O–H groups in total. The highest BCUT2D eigenvalue weighted by Gasteiger charge is 2.33. The summed E-state index contributed by atoms with van der Waals surface area (Å²) in [5.74, 6) is 0. The third-order valence-electron chi connectivity index (χ3n) is 5.38. The van der Waals surface area contributed by atoms with E-state index in [1.807, 2.05) is 64.6 Å². The number of hydrogen-bond donors (Lipinski definition) is 1. The fourth-order valence-corrected chi connectivity index (χ4v) is 3.48. The molecule has 0 aromatic heterocycles. The fraction of sp³-hybridized carbons (Fsp3) is 0.280. The smallest absolute Gasteiger partial charge is 0.140 e. The molecule has 0 aliphatic heterocycles. The minimum Gasteiger partial charge on any atom is -0.378 e. The van der Waals surface area contributed by atoms with Crippen molar-refractivity contribution in [3.63, 3.8) is 0 Å². The molecule has 28 heavy (non-hydrogen) atoms. The molecule has 3 nitrogen and oxygen atoms in total. The monoisotopic (exact) mass is 374 g/mol. The Hall–Kier alpha value is -2.78. The molecule has 0 aliphatic carbocycles. The third-order valence-corrected chi connectivity index (χ3v) is 5.38. The second-order valence-corrected chi connectivity index (χ2v) is 7.64. The van der Waals surface area contributed by atoms with E-state index in [0.29, 0.717) is 0 Å². The molecule has 146 valence electrons. The van der Waals surface area contributed by atoms with Crippen molar-refractivity contribution < 1.29 is 5.11 Å². The van der Waals surface area contributed by atoms with E-state index in [-0.39, 0.29) is 0 Å². The van der Waals surface area contributed by atoms with Crippen LogP contribution >= 0.6 is 0 Å². The van der Waals surface area contributed by atoms with E-state index in [1.165, 1.54) is 5.56 Å². The number of rotatable bonds is 6. The van der Waals surface area contributed by atoms with Gasteiger partial charge in [0.05, 0.1) is 0 Å². The summed E-state index contributed by atoms with van der Waals surface area (Å²) in [6, 6.07) is 24.5. The summed E-state index contributed by atoms with van der Waals surface area (Å²) in [4.78, 5) is 4.12. The van der Waals surface area contributed by atoms with Crippen molar-refractivity contribution >= 4 is 11.4 Å². The summed E-state index contributed by atoms with van der Waals surface area (Å²) in [5, 5.41) is 12.0. The first-order valence-corrected chi connectivity index (χ1v) is 9.73. The number of aliphatic hydroxyl groups is 1. The molecule has 0 radical (unpaired) electrons. The Balaban J connectivity index is 2.14. The van der Waals surface area contributed by atoms with Crippen LogP contribution in [0.1, 0.15) is 29.2 Å². The van der Waals surface area contributed by atoms with Crippen molar-refractivity contribution in [2.45, 2.75) is 18.9 Å². The van der Waals surface area contributed by atoms with Gasteiger partial charge in [-0.3, -0.25) is 0 Å². The van der Waals surface area contributed by atoms with E-state index in [9.17, 15) is 5.11 Å². The molecule has 0 saturated carbocycles. The minimum atomic E-state index is -1.21. The van der Waals surface area contributed by atoms with Gasteiger partial charge in [0.25, 0.3) is 0 Å². The second kappa shape index (κ2) is 8.07. The summed E-state index contributed by atoms with van der Waals surface area (Å²) >= 11 is 0. The van der Waals surface area contributed by atoms with Crippen molar-refractivity contribution in [1.82, 2.24) is 0 Å². The molecule has 0 bridgehead atoms. The molecule has 0 atom stereocenters. The molecule has 3 aromatic rings. The van der Waals surface area contributed by atoms with Crippen LogP contribution in [-0.4, -0.2) is 33.3 Å². The first kappa shape index (κ1) is 20.0. The average molecular weight is 375 g/mol. The Morgan fingerprint density at radius 3 is 1.21 bits per heavy atom. The summed E-state index contributed by atoms with van der Waals surface area (Å²) in [6.45, 7) is 2.14. The quantitative estimate of drug-likeness (QED) is 0.636. The van der Waals surface area contributed by atoms with Crippen LogP contribution in [-0.2, 0) is 12.0 Å². The highest BCUT2D eigenvalue weighted by atomic mass is 16.3. The van der Waals surface area contributed by atoms with E-state index in [4.69, 9.17) is 0 Å². The van der Waals surface area contributed by atoms with Gasteiger partial charge in [-0.2, -0.15) is 0 Å². The number of aryl methyl sites for hydroxylation is 1. The normalized spacial score (nSPS) is 11.4. The number of hydrogen-bond acceptors (Lipinski definition) is 3. The van der Waals surface area contributed by atoms with Gasteiger partial charge >= 0.3 is 0 Å². The van der Waals surface area contributed by atoms with Crippen molar-refractivity contribution in [3.05, 3.63) is 95.1 Å². The first-order chi connectivity index (χ1) is 13.4. The van der Waals surface area contributed by atoms with Crippen molar-refractivity contribution in [2.75, 3.05) is 38.0 Å². The molecule has 0 aliphatic rings. The highest BCUT2D eigenvalue weighted by Crippen LogP contribution is 2.38. The van der Waals surface area contributed by atoms with Gasteiger partial charge in [0.1, 0.15) is 5.60 Å². The van der Waals surface area contributed by atoms with Gasteiger partial charge in [-0.15, -0.1) is 0 Å². The maximum absolute atomic E-state index is 12.0. The van der Waals surface area contributed by atoms with Crippen LogP contribution in [0.2, 0.25) is 0 Å². The molecule has 3 heteroatoms. The summed E-state index contributed by atoms with van der Waals surface area (Å²) in [5.41, 5.74) is 4.87. The molecule has 0 amide bonds. The number of nitrogens with zero attached hydrogens (tertiary/aromatic N) is 2. The fourth-order valence-electron chi connectivity index (χ4n) is 3.48. The lowest BCUT2D eigenvalue weighted by atomic mass is 9.80. The average Bonchev–Trinajstić information content (AvgIpc) is 2.73. The van der Waals surface area contributed by atoms with Gasteiger partial charge < -0.3 is 14.9 Å². The summed E-state index contributed by atoms with van der Waals surface area (Å²) < 4.78 is 0. The van der Waals surface area contributed by atoms with E-state index in [2.05, 4.69) is 53.1 Å². The highest BCUT2D eigenvalue weighted by molar-refractivity contribution is 5.55. The third kappa shape index (κ3) is 3.76. The Kier molecular flexibility index (Phi) is 5.76. The lowest BCUT2D eigenvalue weighted by Gasteiger charge is -2.31. The maximum atomic E-state index is 12.0. The van der Waals surface area contributed by atoms with Crippen LogP contribution in [0.4, 0.5) is 11.4 Å². The van der Waals surface area contributed by atoms with E-state index < -0.39 is 5.60 Å². The van der Waals surface area contributed by atoms with E-state index >= 15 is 0 Å². The largest absolute Gasteiger partial charge is 0.378 e. The van der Waals surface area contributed by atoms with Gasteiger partial charge in [0.2, 0.25) is 0 Å². The van der Waals surface area contributed by atoms with Gasteiger partial charge in [-0.1, -0.05) is 55.5 Å². The van der Waals surface area contributed by atoms with Crippen molar-refractivity contribution in [2.24, 2.45) is 0 Å². The Bertz CT molecular complexity index is 843. The molecule has 0 unspecified atom stereocenters. The van der Waals surface area contributed by atoms with Crippen molar-refractivity contribution in [3.8, 4) is 0 Å². The Morgan fingerprint density at radius 2 is 0.929 bits per heavy atom. The van der Waals surface area contributed by atoms with Gasteiger partial charge in [-0.25, -0.2) is 0 Å². The standard InChI is InChI=1S/C25H30N2O/c1-6-19-7-9-20(10-8-19)25(28,21-11-15-23(16-12-21)26(2)3)22-13-17-24(18-14-22)27(4)5/h7-18,28H,6H2,1-5H3. The molecule has 0 saturated heterocycles. The SMILES string of the molecule is CCc1ccc(C(O)(c2ccc(N(C)C)cc2)c2ccc(N(C)C)cc2)cc1. The minimum absolute atomic E-state index is 0.861. The van der Waals surface area contributed by atoms with E-state index in [0.717, 1.165) is 34.5 Å². The van der Waals surface area contributed by atoms with Crippen LogP contribution in [0, 0.1) is 0 Å². The number of benzene rings is 3. The maximum Gasteiger partial charge on any atom is 0.140 e. The molecule has 3 rings (SSSR count).